The summed E-state index contributed by atoms with van der Waals surface area (Å²) < 4.78 is 0. The Kier molecular flexibility index (Phi) is 6.03. The lowest BCUT2D eigenvalue weighted by Gasteiger charge is -2.30. The third kappa shape index (κ3) is 4.54. The first-order valence-electron chi connectivity index (χ1n) is 6.11. The van der Waals surface area contributed by atoms with Gasteiger partial charge in [-0.05, 0) is 52.0 Å². The lowest BCUT2D eigenvalue weighted by Crippen LogP contribution is -2.43. The minimum Gasteiger partial charge on any atom is -0.337 e. The van der Waals surface area contributed by atoms with E-state index in [0.29, 0.717) is 5.75 Å². The molecule has 0 saturated heterocycles. The summed E-state index contributed by atoms with van der Waals surface area (Å²) in [6, 6.07) is 8.05. The van der Waals surface area contributed by atoms with Crippen molar-refractivity contribution in [1.82, 2.24) is 4.90 Å². The molecule has 2 nitrogen and oxygen atoms in total. The van der Waals surface area contributed by atoms with Crippen LogP contribution in [0.1, 0.15) is 27.7 Å². The Morgan fingerprint density at radius 3 is 2.11 bits per heavy atom. The van der Waals surface area contributed by atoms with Gasteiger partial charge in [0.2, 0.25) is 5.91 Å². The lowest BCUT2D eigenvalue weighted by molar-refractivity contribution is -0.131. The van der Waals surface area contributed by atoms with Crippen molar-refractivity contribution < 1.29 is 4.79 Å². The number of hydrogen-bond acceptors (Lipinski definition) is 2. The molecule has 0 fully saturated rings. The summed E-state index contributed by atoms with van der Waals surface area (Å²) in [5.74, 6) is 0.651. The molecule has 0 spiro atoms. The van der Waals surface area contributed by atoms with Crippen LogP contribution in [-0.2, 0) is 4.79 Å². The fourth-order valence-corrected chi connectivity index (χ4v) is 2.82. The quantitative estimate of drug-likeness (QED) is 0.760. The van der Waals surface area contributed by atoms with Gasteiger partial charge in [0.25, 0.3) is 0 Å². The second-order valence-electron chi connectivity index (χ2n) is 4.73. The number of halogens is 1. The molecule has 1 aromatic carbocycles. The Morgan fingerprint density at radius 2 is 1.67 bits per heavy atom. The van der Waals surface area contributed by atoms with E-state index in [1.807, 2.05) is 56.9 Å². The first-order valence-corrected chi connectivity index (χ1v) is 7.47. The average Bonchev–Trinajstić information content (AvgIpc) is 2.27. The summed E-state index contributed by atoms with van der Waals surface area (Å²) in [5, 5.41) is 0.719. The Bertz CT molecular complexity index is 381. The van der Waals surface area contributed by atoms with E-state index >= 15 is 0 Å². The molecule has 100 valence electrons. The maximum absolute atomic E-state index is 12.1. The number of carbonyl (C=O) groups excluding carboxylic acids is 1. The highest BCUT2D eigenvalue weighted by Crippen LogP contribution is 2.21. The normalized spacial score (nSPS) is 11.1. The van der Waals surface area contributed by atoms with Crippen molar-refractivity contribution in [1.29, 1.82) is 0 Å². The van der Waals surface area contributed by atoms with Crippen LogP contribution in [0.2, 0.25) is 5.02 Å². The zero-order chi connectivity index (χ0) is 13.7. The van der Waals surface area contributed by atoms with Crippen molar-refractivity contribution in [3.05, 3.63) is 29.3 Å². The topological polar surface area (TPSA) is 20.3 Å². The number of thioether (sulfide) groups is 1. The molecule has 0 atom stereocenters. The van der Waals surface area contributed by atoms with Crippen LogP contribution < -0.4 is 0 Å². The fraction of sp³-hybridized carbons (Fsp3) is 0.500. The van der Waals surface area contributed by atoms with E-state index in [1.54, 1.807) is 11.8 Å². The third-order valence-corrected chi connectivity index (χ3v) is 3.83. The number of carbonyl (C=O) groups is 1. The van der Waals surface area contributed by atoms with E-state index in [-0.39, 0.29) is 18.0 Å². The van der Waals surface area contributed by atoms with Gasteiger partial charge in [0.1, 0.15) is 0 Å². The van der Waals surface area contributed by atoms with E-state index in [4.69, 9.17) is 11.6 Å². The van der Waals surface area contributed by atoms with Crippen molar-refractivity contribution in [3.8, 4) is 0 Å². The summed E-state index contributed by atoms with van der Waals surface area (Å²) in [7, 11) is 0. The van der Waals surface area contributed by atoms with Gasteiger partial charge in [-0.15, -0.1) is 11.8 Å². The van der Waals surface area contributed by atoms with Crippen LogP contribution >= 0.6 is 23.4 Å². The van der Waals surface area contributed by atoms with E-state index in [9.17, 15) is 4.79 Å². The largest absolute Gasteiger partial charge is 0.337 e. The smallest absolute Gasteiger partial charge is 0.233 e. The minimum absolute atomic E-state index is 0.181. The Balaban J connectivity index is 2.57. The van der Waals surface area contributed by atoms with Crippen molar-refractivity contribution in [2.45, 2.75) is 44.7 Å². The van der Waals surface area contributed by atoms with Crippen LogP contribution in [0.5, 0.6) is 0 Å². The molecule has 18 heavy (non-hydrogen) atoms. The van der Waals surface area contributed by atoms with Gasteiger partial charge in [0.15, 0.2) is 0 Å². The molecule has 1 aromatic rings. The molecular weight excluding hydrogens is 266 g/mol. The summed E-state index contributed by atoms with van der Waals surface area (Å²) in [6.07, 6.45) is 0. The third-order valence-electron chi connectivity index (χ3n) is 2.58. The van der Waals surface area contributed by atoms with Crippen LogP contribution in [0.15, 0.2) is 29.2 Å². The van der Waals surface area contributed by atoms with Gasteiger partial charge >= 0.3 is 0 Å². The molecule has 0 radical (unpaired) electrons. The summed E-state index contributed by atoms with van der Waals surface area (Å²) in [4.78, 5) is 15.1. The molecule has 0 aliphatic rings. The molecule has 0 aliphatic heterocycles. The molecule has 0 bridgehead atoms. The molecule has 0 unspecified atom stereocenters. The molecule has 0 aromatic heterocycles. The number of nitrogens with zero attached hydrogens (tertiary/aromatic N) is 1. The minimum atomic E-state index is 0.181. The number of hydrogen-bond donors (Lipinski definition) is 0. The molecule has 0 saturated carbocycles. The van der Waals surface area contributed by atoms with Crippen molar-refractivity contribution >= 4 is 29.3 Å². The van der Waals surface area contributed by atoms with Crippen LogP contribution in [-0.4, -0.2) is 28.6 Å². The van der Waals surface area contributed by atoms with Crippen LogP contribution in [0.25, 0.3) is 0 Å². The Morgan fingerprint density at radius 1 is 1.17 bits per heavy atom. The standard InChI is InChI=1S/C14H20ClNOS/c1-10(2)16(11(3)4)14(17)9-18-13-7-5-12(15)6-8-13/h5-8,10-11H,9H2,1-4H3. The molecule has 1 amide bonds. The highest BCUT2D eigenvalue weighted by molar-refractivity contribution is 8.00. The van der Waals surface area contributed by atoms with Gasteiger partial charge in [-0.1, -0.05) is 11.6 Å². The van der Waals surface area contributed by atoms with Gasteiger partial charge in [0.05, 0.1) is 5.75 Å². The zero-order valence-corrected chi connectivity index (χ0v) is 12.9. The first-order chi connectivity index (χ1) is 8.41. The number of benzene rings is 1. The maximum atomic E-state index is 12.1. The number of rotatable bonds is 5. The monoisotopic (exact) mass is 285 g/mol. The molecule has 0 heterocycles. The van der Waals surface area contributed by atoms with Crippen molar-refractivity contribution in [2.75, 3.05) is 5.75 Å². The predicted octanol–water partition coefficient (Wildman–Crippen LogP) is 4.08. The second kappa shape index (κ2) is 7.05. The summed E-state index contributed by atoms with van der Waals surface area (Å²) >= 11 is 7.37. The summed E-state index contributed by atoms with van der Waals surface area (Å²) in [6.45, 7) is 8.19. The molecule has 0 aliphatic carbocycles. The maximum Gasteiger partial charge on any atom is 0.233 e. The highest BCUT2D eigenvalue weighted by Gasteiger charge is 2.19. The van der Waals surface area contributed by atoms with E-state index in [0.717, 1.165) is 9.92 Å². The van der Waals surface area contributed by atoms with Crippen molar-refractivity contribution in [3.63, 3.8) is 0 Å². The van der Waals surface area contributed by atoms with Gasteiger partial charge in [0, 0.05) is 22.0 Å². The molecular formula is C14H20ClNOS. The predicted molar refractivity (Wildman–Crippen MR) is 79.3 cm³/mol. The first kappa shape index (κ1) is 15.4. The molecule has 1 rings (SSSR count). The van der Waals surface area contributed by atoms with Gasteiger partial charge in [-0.25, -0.2) is 0 Å². The molecule has 4 heteroatoms. The van der Waals surface area contributed by atoms with Crippen molar-refractivity contribution in [2.24, 2.45) is 0 Å². The van der Waals surface area contributed by atoms with Crippen LogP contribution in [0.3, 0.4) is 0 Å². The summed E-state index contributed by atoms with van der Waals surface area (Å²) in [5.41, 5.74) is 0. The Labute approximate surface area is 119 Å². The SMILES string of the molecule is CC(C)N(C(=O)CSc1ccc(Cl)cc1)C(C)C. The van der Waals surface area contributed by atoms with E-state index in [2.05, 4.69) is 0 Å². The molecule has 0 N–H and O–H groups in total. The second-order valence-corrected chi connectivity index (χ2v) is 6.22. The highest BCUT2D eigenvalue weighted by atomic mass is 35.5. The fourth-order valence-electron chi connectivity index (χ4n) is 1.92. The van der Waals surface area contributed by atoms with E-state index in [1.165, 1.54) is 0 Å². The van der Waals surface area contributed by atoms with Gasteiger partial charge in [-0.2, -0.15) is 0 Å². The van der Waals surface area contributed by atoms with Gasteiger partial charge in [-0.3, -0.25) is 4.79 Å². The Hall–Kier alpha value is -0.670. The van der Waals surface area contributed by atoms with E-state index < -0.39 is 0 Å². The number of amides is 1. The van der Waals surface area contributed by atoms with Crippen LogP contribution in [0.4, 0.5) is 0 Å². The lowest BCUT2D eigenvalue weighted by atomic mass is 10.2. The van der Waals surface area contributed by atoms with Crippen LogP contribution in [0, 0.1) is 0 Å². The van der Waals surface area contributed by atoms with Gasteiger partial charge < -0.3 is 4.90 Å². The zero-order valence-electron chi connectivity index (χ0n) is 11.3. The average molecular weight is 286 g/mol.